The van der Waals surface area contributed by atoms with Gasteiger partial charge < -0.3 is 5.73 Å². The summed E-state index contributed by atoms with van der Waals surface area (Å²) in [6, 6.07) is 2.69. The van der Waals surface area contributed by atoms with E-state index in [-0.39, 0.29) is 30.1 Å². The van der Waals surface area contributed by atoms with Gasteiger partial charge in [-0.3, -0.25) is 0 Å². The smallest absolute Gasteiger partial charge is 0.383 e. The molecule has 1 heterocycles. The summed E-state index contributed by atoms with van der Waals surface area (Å²) in [7, 11) is -3.83. The molecule has 9 heteroatoms. The van der Waals surface area contributed by atoms with Crippen molar-refractivity contribution >= 4 is 15.8 Å². The van der Waals surface area contributed by atoms with Crippen LogP contribution in [0.25, 0.3) is 0 Å². The summed E-state index contributed by atoms with van der Waals surface area (Å²) in [6.45, 7) is -0.0766. The van der Waals surface area contributed by atoms with E-state index in [1.165, 1.54) is 18.3 Å². The Balaban J connectivity index is 2.47. The van der Waals surface area contributed by atoms with Gasteiger partial charge in [0, 0.05) is 19.2 Å². The van der Waals surface area contributed by atoms with Gasteiger partial charge >= 0.3 is 6.18 Å². The number of nitrogens with one attached hydrogen (secondary N) is 1. The number of alkyl halides is 3. The second-order valence-corrected chi connectivity index (χ2v) is 5.59. The summed E-state index contributed by atoms with van der Waals surface area (Å²) in [6.07, 6.45) is -3.83. The Morgan fingerprint density at radius 3 is 2.58 bits per heavy atom. The SMILES string of the molecule is Nc1ncccc1S(=O)(=O)NCCCCC(F)(F)F. The first-order valence-corrected chi connectivity index (χ1v) is 6.97. The number of hydrogen-bond donors (Lipinski definition) is 2. The molecule has 0 atom stereocenters. The average Bonchev–Trinajstić information content (AvgIpc) is 2.27. The number of anilines is 1. The minimum Gasteiger partial charge on any atom is -0.383 e. The summed E-state index contributed by atoms with van der Waals surface area (Å²) < 4.78 is 61.3. The van der Waals surface area contributed by atoms with Gasteiger partial charge in [-0.15, -0.1) is 0 Å². The van der Waals surface area contributed by atoms with Crippen LogP contribution in [0, 0.1) is 0 Å². The first kappa shape index (κ1) is 15.7. The molecule has 5 nitrogen and oxygen atoms in total. The Bertz CT molecular complexity index is 517. The van der Waals surface area contributed by atoms with Crippen LogP contribution in [0.4, 0.5) is 19.0 Å². The molecule has 1 aromatic rings. The van der Waals surface area contributed by atoms with Gasteiger partial charge in [-0.05, 0) is 25.0 Å². The van der Waals surface area contributed by atoms with E-state index in [0.29, 0.717) is 0 Å². The van der Waals surface area contributed by atoms with Gasteiger partial charge in [0.1, 0.15) is 10.7 Å². The lowest BCUT2D eigenvalue weighted by Crippen LogP contribution is -2.26. The van der Waals surface area contributed by atoms with Crippen molar-refractivity contribution in [3.05, 3.63) is 18.3 Å². The Morgan fingerprint density at radius 1 is 1.32 bits per heavy atom. The van der Waals surface area contributed by atoms with Crippen LogP contribution in [-0.4, -0.2) is 26.1 Å². The van der Waals surface area contributed by atoms with Crippen LogP contribution >= 0.6 is 0 Å². The van der Waals surface area contributed by atoms with Gasteiger partial charge in [0.15, 0.2) is 0 Å². The number of unbranched alkanes of at least 4 members (excludes halogenated alkanes) is 1. The second kappa shape index (κ2) is 6.20. The number of nitrogens with zero attached hydrogens (tertiary/aromatic N) is 1. The molecule has 0 fully saturated rings. The second-order valence-electron chi connectivity index (χ2n) is 3.86. The molecule has 1 rings (SSSR count). The molecule has 0 spiro atoms. The third kappa shape index (κ3) is 5.43. The van der Waals surface area contributed by atoms with Gasteiger partial charge in [0.05, 0.1) is 0 Å². The minimum atomic E-state index is -4.22. The maximum atomic E-state index is 11.9. The molecule has 0 radical (unpaired) electrons. The molecule has 1 aromatic heterocycles. The lowest BCUT2D eigenvalue weighted by Gasteiger charge is -2.09. The number of halogens is 3. The number of hydrogen-bond acceptors (Lipinski definition) is 4. The Labute approximate surface area is 109 Å². The highest BCUT2D eigenvalue weighted by atomic mass is 32.2. The fourth-order valence-corrected chi connectivity index (χ4v) is 2.52. The zero-order valence-corrected chi connectivity index (χ0v) is 10.8. The molecule has 19 heavy (non-hydrogen) atoms. The molecule has 0 amide bonds. The predicted molar refractivity (Wildman–Crippen MR) is 63.7 cm³/mol. The van der Waals surface area contributed by atoms with E-state index >= 15 is 0 Å². The summed E-state index contributed by atoms with van der Waals surface area (Å²) >= 11 is 0. The van der Waals surface area contributed by atoms with Gasteiger partial charge in [-0.25, -0.2) is 18.1 Å². The number of nitrogen functional groups attached to an aromatic ring is 1. The van der Waals surface area contributed by atoms with Crippen molar-refractivity contribution in [2.45, 2.75) is 30.3 Å². The van der Waals surface area contributed by atoms with Gasteiger partial charge in [-0.2, -0.15) is 13.2 Å². The first-order valence-electron chi connectivity index (χ1n) is 5.49. The minimum absolute atomic E-state index is 0.0766. The van der Waals surface area contributed by atoms with Crippen LogP contribution in [0.15, 0.2) is 23.2 Å². The summed E-state index contributed by atoms with van der Waals surface area (Å²) in [5.41, 5.74) is 5.42. The zero-order chi connectivity index (χ0) is 14.5. The maximum absolute atomic E-state index is 11.9. The van der Waals surface area contributed by atoms with Crippen molar-refractivity contribution in [2.75, 3.05) is 12.3 Å². The number of nitrogens with two attached hydrogens (primary N) is 1. The van der Waals surface area contributed by atoms with Crippen molar-refractivity contribution in [1.82, 2.24) is 9.71 Å². The molecule has 0 saturated carbocycles. The summed E-state index contributed by atoms with van der Waals surface area (Å²) in [5.74, 6) is -0.148. The van der Waals surface area contributed by atoms with Crippen molar-refractivity contribution in [2.24, 2.45) is 0 Å². The molecule has 0 aliphatic rings. The highest BCUT2D eigenvalue weighted by Crippen LogP contribution is 2.22. The van der Waals surface area contributed by atoms with E-state index < -0.39 is 22.6 Å². The van der Waals surface area contributed by atoms with Crippen LogP contribution in [0.1, 0.15) is 19.3 Å². The molecule has 0 aliphatic carbocycles. The van der Waals surface area contributed by atoms with Gasteiger partial charge in [0.2, 0.25) is 10.0 Å². The third-order valence-corrected chi connectivity index (χ3v) is 3.78. The lowest BCUT2D eigenvalue weighted by molar-refractivity contribution is -0.135. The topological polar surface area (TPSA) is 85.1 Å². The largest absolute Gasteiger partial charge is 0.389 e. The first-order chi connectivity index (χ1) is 8.72. The van der Waals surface area contributed by atoms with Crippen LogP contribution in [0.3, 0.4) is 0 Å². The zero-order valence-electron chi connectivity index (χ0n) is 9.94. The van der Waals surface area contributed by atoms with Crippen LogP contribution in [0.2, 0.25) is 0 Å². The van der Waals surface area contributed by atoms with E-state index in [1.807, 2.05) is 0 Å². The Hall–Kier alpha value is -1.35. The molecule has 0 saturated heterocycles. The van der Waals surface area contributed by atoms with Crippen LogP contribution in [-0.2, 0) is 10.0 Å². The van der Waals surface area contributed by atoms with E-state index in [4.69, 9.17) is 5.73 Å². The number of sulfonamides is 1. The van der Waals surface area contributed by atoms with Crippen molar-refractivity contribution < 1.29 is 21.6 Å². The molecule has 0 aliphatic heterocycles. The van der Waals surface area contributed by atoms with Crippen molar-refractivity contribution in [3.63, 3.8) is 0 Å². The fourth-order valence-electron chi connectivity index (χ4n) is 1.36. The predicted octanol–water partition coefficient (Wildman–Crippen LogP) is 1.67. The quantitative estimate of drug-likeness (QED) is 0.782. The number of aromatic nitrogens is 1. The standard InChI is InChI=1S/C10H14F3N3O2S/c11-10(12,13)5-1-2-7-16-19(17,18)8-4-3-6-15-9(8)14/h3-4,6,16H,1-2,5,7H2,(H2,14,15). The van der Waals surface area contributed by atoms with Crippen LogP contribution in [0.5, 0.6) is 0 Å². The van der Waals surface area contributed by atoms with Crippen molar-refractivity contribution in [1.29, 1.82) is 0 Å². The van der Waals surface area contributed by atoms with E-state index in [0.717, 1.165) is 0 Å². The molecular weight excluding hydrogens is 283 g/mol. The molecule has 108 valence electrons. The molecule has 0 unspecified atom stereocenters. The maximum Gasteiger partial charge on any atom is 0.389 e. The summed E-state index contributed by atoms with van der Waals surface area (Å²) in [5, 5.41) is 0. The third-order valence-electron chi connectivity index (χ3n) is 2.27. The molecular formula is C10H14F3N3O2S. The van der Waals surface area contributed by atoms with E-state index in [9.17, 15) is 21.6 Å². The molecule has 0 bridgehead atoms. The van der Waals surface area contributed by atoms with Crippen molar-refractivity contribution in [3.8, 4) is 0 Å². The van der Waals surface area contributed by atoms with Crippen LogP contribution < -0.4 is 10.5 Å². The summed E-state index contributed by atoms with van der Waals surface area (Å²) in [4.78, 5) is 3.46. The average molecular weight is 297 g/mol. The normalized spacial score (nSPS) is 12.6. The van der Waals surface area contributed by atoms with E-state index in [2.05, 4.69) is 9.71 Å². The Kier molecular flexibility index (Phi) is 5.12. The number of rotatable bonds is 6. The van der Waals surface area contributed by atoms with Gasteiger partial charge in [-0.1, -0.05) is 0 Å². The lowest BCUT2D eigenvalue weighted by atomic mass is 10.2. The fraction of sp³-hybridized carbons (Fsp3) is 0.500. The number of pyridine rings is 1. The Morgan fingerprint density at radius 2 is 2.00 bits per heavy atom. The molecule has 0 aromatic carbocycles. The molecule has 3 N–H and O–H groups in total. The highest BCUT2D eigenvalue weighted by molar-refractivity contribution is 7.89. The highest BCUT2D eigenvalue weighted by Gasteiger charge is 2.26. The van der Waals surface area contributed by atoms with Gasteiger partial charge in [0.25, 0.3) is 0 Å². The van der Waals surface area contributed by atoms with E-state index in [1.54, 1.807) is 0 Å². The monoisotopic (exact) mass is 297 g/mol.